The van der Waals surface area contributed by atoms with E-state index in [1.54, 1.807) is 6.92 Å². The predicted molar refractivity (Wildman–Crippen MR) is 18.3 cm³/mol. The first-order chi connectivity index (χ1) is 1.41. The third-order valence-electron chi connectivity index (χ3n) is 0. The largest absolute Gasteiger partial charge is 3.00 e. The van der Waals surface area contributed by atoms with Crippen molar-refractivity contribution in [2.24, 2.45) is 0 Å². The fourth-order valence-corrected chi connectivity index (χ4v) is 0. The van der Waals surface area contributed by atoms with Gasteiger partial charge in [0, 0.05) is 0 Å². The zero-order chi connectivity index (χ0) is 2.71. The van der Waals surface area contributed by atoms with Gasteiger partial charge in [-0.3, -0.25) is 0 Å². The maximum Gasteiger partial charge on any atom is 3.00 e. The van der Waals surface area contributed by atoms with E-state index in [1.807, 2.05) is 0 Å². The Balaban J connectivity index is 0. The molecule has 0 nitrogen and oxygen atoms in total. The van der Waals surface area contributed by atoms with Crippen LogP contribution >= 0.6 is 12.2 Å². The van der Waals surface area contributed by atoms with Crippen LogP contribution in [0.5, 0.6) is 0 Å². The van der Waals surface area contributed by atoms with Gasteiger partial charge in [-0.15, -0.1) is 0 Å². The summed E-state index contributed by atoms with van der Waals surface area (Å²) in [5.74, 6) is 0. The van der Waals surface area contributed by atoms with Crippen LogP contribution in [0.2, 0.25) is 0 Å². The summed E-state index contributed by atoms with van der Waals surface area (Å²) in [5, 5.41) is 2.33. The van der Waals surface area contributed by atoms with Crippen molar-refractivity contribution in [3.05, 3.63) is 0 Å². The predicted octanol–water partition coefficient (Wildman–Crippen LogP) is 0.881. The maximum absolute atomic E-state index is 4.14. The molecular formula is C2H3SY+2. The summed E-state index contributed by atoms with van der Waals surface area (Å²) in [6, 6.07) is 0. The van der Waals surface area contributed by atoms with E-state index in [2.05, 4.69) is 17.6 Å². The molecule has 0 aromatic rings. The molecule has 0 rings (SSSR count). The van der Waals surface area contributed by atoms with E-state index in [1.165, 1.54) is 0 Å². The first-order valence-corrected chi connectivity index (χ1v) is 1.11. The van der Waals surface area contributed by atoms with Crippen LogP contribution in [0.15, 0.2) is 0 Å². The average molecular weight is 148 g/mol. The van der Waals surface area contributed by atoms with Crippen LogP contribution in [0.25, 0.3) is 0 Å². The second kappa shape index (κ2) is 8.89. The minimum absolute atomic E-state index is 0. The molecule has 18 valence electrons. The van der Waals surface area contributed by atoms with Gasteiger partial charge in [0.25, 0.3) is 0 Å². The molecule has 0 N–H and O–H groups in total. The van der Waals surface area contributed by atoms with Crippen molar-refractivity contribution in [1.29, 1.82) is 0 Å². The average Bonchev–Trinajstić information content (AvgIpc) is 0.918. The molecule has 0 atom stereocenters. The van der Waals surface area contributed by atoms with E-state index in [0.29, 0.717) is 0 Å². The van der Waals surface area contributed by atoms with Gasteiger partial charge in [0.15, 0.2) is 0 Å². The van der Waals surface area contributed by atoms with Crippen LogP contribution in [0.1, 0.15) is 6.92 Å². The first-order valence-electron chi connectivity index (χ1n) is 0.704. The third-order valence-corrected chi connectivity index (χ3v) is 0. The zero-order valence-electron chi connectivity index (χ0n) is 2.49. The van der Waals surface area contributed by atoms with Crippen molar-refractivity contribution < 1.29 is 32.7 Å². The Morgan fingerprint density at radius 1 is 1.75 bits per heavy atom. The molecule has 0 aliphatic rings. The summed E-state index contributed by atoms with van der Waals surface area (Å²) in [6.07, 6.45) is 0. The molecule has 0 aromatic carbocycles. The number of rotatable bonds is 0. The Labute approximate surface area is 56.8 Å². The SMILES string of the molecule is C[C-]=S.[Y+3]. The summed E-state index contributed by atoms with van der Waals surface area (Å²) in [5.41, 5.74) is 0. The molecule has 0 saturated heterocycles. The van der Waals surface area contributed by atoms with Crippen LogP contribution in [-0.2, 0) is 32.7 Å². The van der Waals surface area contributed by atoms with E-state index in [9.17, 15) is 0 Å². The summed E-state index contributed by atoms with van der Waals surface area (Å²) >= 11 is 4.14. The van der Waals surface area contributed by atoms with Crippen molar-refractivity contribution in [2.45, 2.75) is 6.92 Å². The Hall–Kier alpha value is 1.19. The van der Waals surface area contributed by atoms with Gasteiger partial charge in [-0.25, -0.2) is 0 Å². The van der Waals surface area contributed by atoms with E-state index in [4.69, 9.17) is 0 Å². The van der Waals surface area contributed by atoms with Gasteiger partial charge in [-0.05, 0) is 0 Å². The monoisotopic (exact) mass is 148 g/mol. The minimum atomic E-state index is 0. The summed E-state index contributed by atoms with van der Waals surface area (Å²) in [6.45, 7) is 1.69. The Bertz CT molecular complexity index is 13.5. The second-order valence-corrected chi connectivity index (χ2v) is 0.612. The molecule has 0 aromatic heterocycles. The molecule has 2 heteroatoms. The quantitative estimate of drug-likeness (QED) is 0.363. The van der Waals surface area contributed by atoms with Gasteiger partial charge in [-0.2, -0.15) is 6.92 Å². The molecule has 0 aliphatic heterocycles. The third kappa shape index (κ3) is 10.8. The van der Waals surface area contributed by atoms with Crippen LogP contribution in [0.4, 0.5) is 0 Å². The van der Waals surface area contributed by atoms with Gasteiger partial charge in [0.05, 0.1) is 0 Å². The second-order valence-electron chi connectivity index (χ2n) is 0.204. The molecule has 0 unspecified atom stereocenters. The molecule has 0 amide bonds. The Morgan fingerprint density at radius 2 is 1.75 bits per heavy atom. The van der Waals surface area contributed by atoms with E-state index in [-0.39, 0.29) is 32.7 Å². The van der Waals surface area contributed by atoms with Gasteiger partial charge >= 0.3 is 32.7 Å². The topological polar surface area (TPSA) is 0 Å². The molecule has 0 heterocycles. The molecule has 0 spiro atoms. The van der Waals surface area contributed by atoms with Gasteiger partial charge in [0.2, 0.25) is 0 Å². The van der Waals surface area contributed by atoms with Gasteiger partial charge in [0.1, 0.15) is 0 Å². The van der Waals surface area contributed by atoms with Crippen molar-refractivity contribution in [3.8, 4) is 0 Å². The van der Waals surface area contributed by atoms with Crippen molar-refractivity contribution >= 4 is 17.6 Å². The zero-order valence-corrected chi connectivity index (χ0v) is 6.14. The number of hydrogen-bond acceptors (Lipinski definition) is 1. The maximum atomic E-state index is 4.14. The molecule has 0 bridgehead atoms. The van der Waals surface area contributed by atoms with Crippen LogP contribution in [0.3, 0.4) is 0 Å². The minimum Gasteiger partial charge on any atom is -0.428 e. The van der Waals surface area contributed by atoms with Crippen molar-refractivity contribution in [1.82, 2.24) is 0 Å². The van der Waals surface area contributed by atoms with E-state index in [0.717, 1.165) is 0 Å². The fraction of sp³-hybridized carbons (Fsp3) is 0.500. The Morgan fingerprint density at radius 3 is 1.75 bits per heavy atom. The smallest absolute Gasteiger partial charge is 0.428 e. The fourth-order valence-electron chi connectivity index (χ4n) is 0. The van der Waals surface area contributed by atoms with Gasteiger partial charge in [-0.1, -0.05) is 0 Å². The number of thiocarbonyl (C=S) groups is 1. The standard InChI is InChI=1S/C2H3S.Y/c1-2-3;/h1H3;/q-1;+3. The van der Waals surface area contributed by atoms with Crippen molar-refractivity contribution in [2.75, 3.05) is 0 Å². The molecule has 4 heavy (non-hydrogen) atoms. The van der Waals surface area contributed by atoms with Crippen molar-refractivity contribution in [3.63, 3.8) is 0 Å². The summed E-state index contributed by atoms with van der Waals surface area (Å²) in [7, 11) is 0. The summed E-state index contributed by atoms with van der Waals surface area (Å²) < 4.78 is 0. The van der Waals surface area contributed by atoms with Crippen LogP contribution < -0.4 is 0 Å². The van der Waals surface area contributed by atoms with Crippen LogP contribution in [-0.4, -0.2) is 5.37 Å². The van der Waals surface area contributed by atoms with E-state index >= 15 is 0 Å². The molecule has 0 saturated carbocycles. The van der Waals surface area contributed by atoms with Gasteiger partial charge < -0.3 is 17.6 Å². The first kappa shape index (κ1) is 8.96. The molecule has 0 fully saturated rings. The van der Waals surface area contributed by atoms with Crippen LogP contribution in [0, 0.1) is 0 Å². The van der Waals surface area contributed by atoms with E-state index < -0.39 is 0 Å². The molecule has 0 aliphatic carbocycles. The molecule has 0 radical (unpaired) electrons. The molecular weight excluding hydrogens is 145 g/mol. The summed E-state index contributed by atoms with van der Waals surface area (Å²) in [4.78, 5) is 0. The normalized spacial score (nSPS) is 3.25. The Kier molecular flexibility index (Phi) is 19.9. The number of hydrogen-bond donors (Lipinski definition) is 0.